The van der Waals surface area contributed by atoms with Gasteiger partial charge < -0.3 is 10.1 Å². The SMILES string of the molecule is CCC(NC(=O)c1ccc(C)cc1)c1ccc(OC)c(C)c1. The van der Waals surface area contributed by atoms with E-state index in [0.717, 1.165) is 28.9 Å². The molecule has 116 valence electrons. The maximum absolute atomic E-state index is 12.4. The van der Waals surface area contributed by atoms with E-state index in [-0.39, 0.29) is 11.9 Å². The fourth-order valence-electron chi connectivity index (χ4n) is 2.49. The highest BCUT2D eigenvalue weighted by atomic mass is 16.5. The van der Waals surface area contributed by atoms with Crippen molar-refractivity contribution in [2.75, 3.05) is 7.11 Å². The molecular formula is C19H23NO2. The largest absolute Gasteiger partial charge is 0.496 e. The van der Waals surface area contributed by atoms with Crippen molar-refractivity contribution < 1.29 is 9.53 Å². The molecule has 1 amide bonds. The smallest absolute Gasteiger partial charge is 0.251 e. The van der Waals surface area contributed by atoms with Gasteiger partial charge in [-0.25, -0.2) is 0 Å². The molecule has 22 heavy (non-hydrogen) atoms. The third-order valence-corrected chi connectivity index (χ3v) is 3.85. The predicted molar refractivity (Wildman–Crippen MR) is 89.4 cm³/mol. The maximum Gasteiger partial charge on any atom is 0.251 e. The highest BCUT2D eigenvalue weighted by molar-refractivity contribution is 5.94. The molecular weight excluding hydrogens is 274 g/mol. The van der Waals surface area contributed by atoms with E-state index in [0.29, 0.717) is 5.56 Å². The van der Waals surface area contributed by atoms with Gasteiger partial charge in [0.25, 0.3) is 5.91 Å². The third kappa shape index (κ3) is 3.67. The van der Waals surface area contributed by atoms with Crippen LogP contribution in [-0.2, 0) is 0 Å². The first kappa shape index (κ1) is 16.1. The molecule has 0 radical (unpaired) electrons. The average molecular weight is 297 g/mol. The number of aryl methyl sites for hydroxylation is 2. The van der Waals surface area contributed by atoms with Crippen molar-refractivity contribution in [3.63, 3.8) is 0 Å². The van der Waals surface area contributed by atoms with Crippen molar-refractivity contribution in [1.29, 1.82) is 0 Å². The highest BCUT2D eigenvalue weighted by Crippen LogP contribution is 2.24. The highest BCUT2D eigenvalue weighted by Gasteiger charge is 2.15. The van der Waals surface area contributed by atoms with E-state index in [2.05, 4.69) is 18.3 Å². The van der Waals surface area contributed by atoms with Gasteiger partial charge in [0.15, 0.2) is 0 Å². The van der Waals surface area contributed by atoms with E-state index in [1.165, 1.54) is 0 Å². The Morgan fingerprint density at radius 3 is 2.36 bits per heavy atom. The second-order valence-electron chi connectivity index (χ2n) is 5.53. The van der Waals surface area contributed by atoms with Crippen LogP contribution < -0.4 is 10.1 Å². The van der Waals surface area contributed by atoms with Crippen LogP contribution in [0.15, 0.2) is 42.5 Å². The lowest BCUT2D eigenvalue weighted by Crippen LogP contribution is -2.28. The zero-order valence-electron chi connectivity index (χ0n) is 13.6. The molecule has 0 fully saturated rings. The molecule has 2 aromatic carbocycles. The monoisotopic (exact) mass is 297 g/mol. The van der Waals surface area contributed by atoms with Crippen molar-refractivity contribution in [2.24, 2.45) is 0 Å². The first-order valence-electron chi connectivity index (χ1n) is 7.57. The summed E-state index contributed by atoms with van der Waals surface area (Å²) in [6.45, 7) is 6.09. The van der Waals surface area contributed by atoms with Crippen LogP contribution >= 0.6 is 0 Å². The van der Waals surface area contributed by atoms with Crippen LogP contribution in [0.25, 0.3) is 0 Å². The number of methoxy groups -OCH3 is 1. The van der Waals surface area contributed by atoms with Crippen LogP contribution in [0.1, 0.15) is 46.4 Å². The number of amides is 1. The number of hydrogen-bond acceptors (Lipinski definition) is 2. The van der Waals surface area contributed by atoms with Crippen LogP contribution in [0.4, 0.5) is 0 Å². The lowest BCUT2D eigenvalue weighted by molar-refractivity contribution is 0.0935. The molecule has 1 N–H and O–H groups in total. The van der Waals surface area contributed by atoms with Crippen LogP contribution in [0.5, 0.6) is 5.75 Å². The normalized spacial score (nSPS) is 11.8. The number of carbonyl (C=O) groups excluding carboxylic acids is 1. The first-order chi connectivity index (χ1) is 10.5. The quantitative estimate of drug-likeness (QED) is 0.898. The van der Waals surface area contributed by atoms with Gasteiger partial charge in [-0.1, -0.05) is 36.8 Å². The van der Waals surface area contributed by atoms with Crippen molar-refractivity contribution in [3.8, 4) is 5.75 Å². The number of ether oxygens (including phenoxy) is 1. The fraction of sp³-hybridized carbons (Fsp3) is 0.316. The second kappa shape index (κ2) is 7.12. The van der Waals surface area contributed by atoms with Crippen LogP contribution in [-0.4, -0.2) is 13.0 Å². The van der Waals surface area contributed by atoms with Gasteiger partial charge in [-0.3, -0.25) is 4.79 Å². The molecule has 0 aliphatic rings. The maximum atomic E-state index is 12.4. The van der Waals surface area contributed by atoms with E-state index in [1.807, 2.05) is 50.2 Å². The zero-order chi connectivity index (χ0) is 16.1. The minimum Gasteiger partial charge on any atom is -0.496 e. The summed E-state index contributed by atoms with van der Waals surface area (Å²) in [4.78, 5) is 12.4. The molecule has 2 aromatic rings. The summed E-state index contributed by atoms with van der Waals surface area (Å²) in [5.74, 6) is 0.823. The Hall–Kier alpha value is -2.29. The summed E-state index contributed by atoms with van der Waals surface area (Å²) >= 11 is 0. The Bertz CT molecular complexity index is 647. The number of carbonyl (C=O) groups is 1. The van der Waals surface area contributed by atoms with Gasteiger partial charge in [0.2, 0.25) is 0 Å². The van der Waals surface area contributed by atoms with E-state index >= 15 is 0 Å². The summed E-state index contributed by atoms with van der Waals surface area (Å²) in [7, 11) is 1.67. The summed E-state index contributed by atoms with van der Waals surface area (Å²) in [6.07, 6.45) is 0.837. The lowest BCUT2D eigenvalue weighted by atomic mass is 10.0. The van der Waals surface area contributed by atoms with Gasteiger partial charge >= 0.3 is 0 Å². The van der Waals surface area contributed by atoms with Gasteiger partial charge in [-0.2, -0.15) is 0 Å². The molecule has 2 rings (SSSR count). The van der Waals surface area contributed by atoms with Crippen LogP contribution in [0, 0.1) is 13.8 Å². The van der Waals surface area contributed by atoms with Crippen molar-refractivity contribution in [1.82, 2.24) is 5.32 Å². The predicted octanol–water partition coefficient (Wildman–Crippen LogP) is 4.19. The molecule has 1 unspecified atom stereocenters. The van der Waals surface area contributed by atoms with Crippen molar-refractivity contribution in [2.45, 2.75) is 33.2 Å². The molecule has 0 bridgehead atoms. The van der Waals surface area contributed by atoms with Gasteiger partial charge in [-0.05, 0) is 49.6 Å². The first-order valence-corrected chi connectivity index (χ1v) is 7.57. The average Bonchev–Trinajstić information content (AvgIpc) is 2.53. The van der Waals surface area contributed by atoms with E-state index < -0.39 is 0 Å². The molecule has 0 saturated carbocycles. The molecule has 1 atom stereocenters. The fourth-order valence-corrected chi connectivity index (χ4v) is 2.49. The topological polar surface area (TPSA) is 38.3 Å². The summed E-state index contributed by atoms with van der Waals surface area (Å²) in [5, 5.41) is 3.10. The van der Waals surface area contributed by atoms with Gasteiger partial charge in [0.05, 0.1) is 13.2 Å². The van der Waals surface area contributed by atoms with Gasteiger partial charge in [-0.15, -0.1) is 0 Å². The van der Waals surface area contributed by atoms with E-state index in [9.17, 15) is 4.79 Å². The Balaban J connectivity index is 2.16. The molecule has 0 aliphatic heterocycles. The lowest BCUT2D eigenvalue weighted by Gasteiger charge is -2.19. The summed E-state index contributed by atoms with van der Waals surface area (Å²) in [5.41, 5.74) is 4.01. The number of nitrogens with one attached hydrogen (secondary N) is 1. The molecule has 0 aromatic heterocycles. The minimum atomic E-state index is -0.0414. The number of benzene rings is 2. The molecule has 0 aliphatic carbocycles. The Morgan fingerprint density at radius 1 is 1.14 bits per heavy atom. The van der Waals surface area contributed by atoms with E-state index in [4.69, 9.17) is 4.74 Å². The second-order valence-corrected chi connectivity index (χ2v) is 5.53. The van der Waals surface area contributed by atoms with Crippen LogP contribution in [0.2, 0.25) is 0 Å². The number of hydrogen-bond donors (Lipinski definition) is 1. The zero-order valence-corrected chi connectivity index (χ0v) is 13.6. The molecule has 3 nitrogen and oxygen atoms in total. The summed E-state index contributed by atoms with van der Waals surface area (Å²) in [6, 6.07) is 13.6. The third-order valence-electron chi connectivity index (χ3n) is 3.85. The Labute approximate surface area is 132 Å². The van der Waals surface area contributed by atoms with E-state index in [1.54, 1.807) is 7.11 Å². The van der Waals surface area contributed by atoms with Crippen molar-refractivity contribution >= 4 is 5.91 Å². The Morgan fingerprint density at radius 2 is 1.82 bits per heavy atom. The number of rotatable bonds is 5. The van der Waals surface area contributed by atoms with Crippen molar-refractivity contribution in [3.05, 3.63) is 64.7 Å². The van der Waals surface area contributed by atoms with Gasteiger partial charge in [0.1, 0.15) is 5.75 Å². The van der Waals surface area contributed by atoms with Crippen LogP contribution in [0.3, 0.4) is 0 Å². The molecule has 0 saturated heterocycles. The molecule has 3 heteroatoms. The molecule has 0 heterocycles. The summed E-state index contributed by atoms with van der Waals surface area (Å²) < 4.78 is 5.29. The minimum absolute atomic E-state index is 0.00147. The Kier molecular flexibility index (Phi) is 5.21. The standard InChI is InChI=1S/C19H23NO2/c1-5-17(16-10-11-18(22-4)14(3)12-16)20-19(21)15-8-6-13(2)7-9-15/h6-12,17H,5H2,1-4H3,(H,20,21). The van der Waals surface area contributed by atoms with Gasteiger partial charge in [0, 0.05) is 5.56 Å². The molecule has 0 spiro atoms.